The van der Waals surface area contributed by atoms with Gasteiger partial charge in [-0.25, -0.2) is 0 Å². The van der Waals surface area contributed by atoms with Crippen LogP contribution in [0.25, 0.3) is 0 Å². The fourth-order valence-electron chi connectivity index (χ4n) is 1.55. The second-order valence-corrected chi connectivity index (χ2v) is 8.18. The quantitative estimate of drug-likeness (QED) is 0.410. The lowest BCUT2D eigenvalue weighted by atomic mass is 10.2. The summed E-state index contributed by atoms with van der Waals surface area (Å²) >= 11 is 17.6. The van der Waals surface area contributed by atoms with Crippen LogP contribution in [0.3, 0.4) is 0 Å². The molecule has 2 aromatic carbocycles. The fraction of sp³-hybridized carbons (Fsp3) is 0.0769. The van der Waals surface area contributed by atoms with E-state index < -0.39 is 0 Å². The molecule has 19 heavy (non-hydrogen) atoms. The summed E-state index contributed by atoms with van der Waals surface area (Å²) in [6.45, 7) is 0.755. The van der Waals surface area contributed by atoms with Crippen LogP contribution in [0.1, 0.15) is 5.56 Å². The molecule has 2 aromatic rings. The first kappa shape index (κ1) is 16.0. The van der Waals surface area contributed by atoms with E-state index in [0.29, 0.717) is 0 Å². The topological polar surface area (TPSA) is 12.0 Å². The number of benzene rings is 2. The van der Waals surface area contributed by atoms with Crippen LogP contribution in [0.4, 0.5) is 5.69 Å². The standard InChI is InChI=1S/C13H8Br5N/c14-8-4-11(17)13(12(18)5-8)19-6-7-1-2-9(15)10(16)3-7/h1-5,19H,6H2. The van der Waals surface area contributed by atoms with Gasteiger partial charge in [0.25, 0.3) is 0 Å². The van der Waals surface area contributed by atoms with Gasteiger partial charge in [0.15, 0.2) is 0 Å². The highest BCUT2D eigenvalue weighted by Crippen LogP contribution is 2.34. The summed E-state index contributed by atoms with van der Waals surface area (Å²) in [5.41, 5.74) is 2.25. The van der Waals surface area contributed by atoms with Gasteiger partial charge in [0.2, 0.25) is 0 Å². The van der Waals surface area contributed by atoms with Gasteiger partial charge < -0.3 is 5.32 Å². The van der Waals surface area contributed by atoms with Crippen LogP contribution in [-0.2, 0) is 6.54 Å². The number of hydrogen-bond donors (Lipinski definition) is 1. The third-order valence-electron chi connectivity index (χ3n) is 2.46. The zero-order valence-corrected chi connectivity index (χ0v) is 17.4. The molecular weight excluding hydrogens is 570 g/mol. The molecule has 0 unspecified atom stereocenters. The van der Waals surface area contributed by atoms with Gasteiger partial charge >= 0.3 is 0 Å². The molecule has 0 aromatic heterocycles. The lowest BCUT2D eigenvalue weighted by Crippen LogP contribution is -2.01. The van der Waals surface area contributed by atoms with Crippen molar-refractivity contribution >= 4 is 85.3 Å². The first-order valence-electron chi connectivity index (χ1n) is 5.29. The molecule has 0 aliphatic heterocycles. The summed E-state index contributed by atoms with van der Waals surface area (Å²) in [5.74, 6) is 0. The summed E-state index contributed by atoms with van der Waals surface area (Å²) in [5, 5.41) is 3.42. The average Bonchev–Trinajstić information content (AvgIpc) is 2.32. The van der Waals surface area contributed by atoms with Crippen molar-refractivity contribution in [3.05, 3.63) is 58.3 Å². The largest absolute Gasteiger partial charge is 0.379 e. The van der Waals surface area contributed by atoms with Crippen LogP contribution in [0, 0.1) is 0 Å². The van der Waals surface area contributed by atoms with E-state index in [-0.39, 0.29) is 0 Å². The predicted octanol–water partition coefficient (Wildman–Crippen LogP) is 7.11. The fourth-order valence-corrected chi connectivity index (χ4v) is 4.76. The van der Waals surface area contributed by atoms with E-state index in [1.807, 2.05) is 18.2 Å². The molecule has 100 valence electrons. The number of hydrogen-bond acceptors (Lipinski definition) is 1. The summed E-state index contributed by atoms with van der Waals surface area (Å²) in [4.78, 5) is 0. The third kappa shape index (κ3) is 4.30. The highest BCUT2D eigenvalue weighted by Gasteiger charge is 2.07. The number of nitrogens with one attached hydrogen (secondary N) is 1. The normalized spacial score (nSPS) is 10.6. The van der Waals surface area contributed by atoms with Gasteiger partial charge in [-0.1, -0.05) is 22.0 Å². The van der Waals surface area contributed by atoms with Crippen LogP contribution < -0.4 is 5.32 Å². The summed E-state index contributed by atoms with van der Waals surface area (Å²) in [6, 6.07) is 10.3. The number of anilines is 1. The zero-order valence-electron chi connectivity index (χ0n) is 9.48. The molecule has 0 aliphatic rings. The van der Waals surface area contributed by atoms with E-state index in [0.717, 1.165) is 34.6 Å². The second kappa shape index (κ2) is 7.07. The maximum Gasteiger partial charge on any atom is 0.0632 e. The van der Waals surface area contributed by atoms with Crippen molar-refractivity contribution < 1.29 is 0 Å². The first-order chi connectivity index (χ1) is 8.97. The summed E-state index contributed by atoms with van der Waals surface area (Å²) in [6.07, 6.45) is 0. The van der Waals surface area contributed by atoms with E-state index in [1.165, 1.54) is 5.56 Å². The highest BCUT2D eigenvalue weighted by atomic mass is 79.9. The molecule has 0 amide bonds. The van der Waals surface area contributed by atoms with E-state index in [1.54, 1.807) is 0 Å². The van der Waals surface area contributed by atoms with Crippen molar-refractivity contribution in [2.24, 2.45) is 0 Å². The minimum atomic E-state index is 0.755. The van der Waals surface area contributed by atoms with Crippen LogP contribution in [0.15, 0.2) is 52.7 Å². The van der Waals surface area contributed by atoms with E-state index in [4.69, 9.17) is 0 Å². The van der Waals surface area contributed by atoms with E-state index >= 15 is 0 Å². The van der Waals surface area contributed by atoms with Crippen LogP contribution in [-0.4, -0.2) is 0 Å². The minimum absolute atomic E-state index is 0.755. The Labute approximate surface area is 154 Å². The summed E-state index contributed by atoms with van der Waals surface area (Å²) < 4.78 is 5.18. The number of halogens is 5. The molecule has 0 bridgehead atoms. The molecular formula is C13H8Br5N. The first-order valence-corrected chi connectivity index (χ1v) is 9.26. The number of rotatable bonds is 3. The molecule has 0 atom stereocenters. The Bertz CT molecular complexity index is 589. The summed E-state index contributed by atoms with van der Waals surface area (Å²) in [7, 11) is 0. The molecule has 1 nitrogen and oxygen atoms in total. The second-order valence-electron chi connectivity index (χ2n) is 3.85. The van der Waals surface area contributed by atoms with E-state index in [9.17, 15) is 0 Å². The van der Waals surface area contributed by atoms with Gasteiger partial charge in [0, 0.05) is 28.9 Å². The van der Waals surface area contributed by atoms with Crippen molar-refractivity contribution in [2.45, 2.75) is 6.54 Å². The Balaban J connectivity index is 2.16. The maximum absolute atomic E-state index is 3.56. The lowest BCUT2D eigenvalue weighted by molar-refractivity contribution is 1.14. The molecule has 0 radical (unpaired) electrons. The molecule has 1 N–H and O–H groups in total. The van der Waals surface area contributed by atoms with Gasteiger partial charge in [-0.15, -0.1) is 0 Å². The van der Waals surface area contributed by atoms with Crippen molar-refractivity contribution in [1.29, 1.82) is 0 Å². The van der Waals surface area contributed by atoms with Gasteiger partial charge in [-0.2, -0.15) is 0 Å². The van der Waals surface area contributed by atoms with Gasteiger partial charge in [0.05, 0.1) is 5.69 Å². The average molecular weight is 578 g/mol. The Kier molecular flexibility index (Phi) is 5.96. The Morgan fingerprint density at radius 2 is 1.37 bits per heavy atom. The molecule has 0 saturated carbocycles. The lowest BCUT2D eigenvalue weighted by Gasteiger charge is -2.12. The SMILES string of the molecule is Brc1cc(Br)c(NCc2ccc(Br)c(Br)c2)c(Br)c1. The van der Waals surface area contributed by atoms with Crippen molar-refractivity contribution in [3.63, 3.8) is 0 Å². The van der Waals surface area contributed by atoms with Crippen molar-refractivity contribution in [1.82, 2.24) is 0 Å². The monoisotopic (exact) mass is 573 g/mol. The molecule has 2 rings (SSSR count). The van der Waals surface area contributed by atoms with Gasteiger partial charge in [0.1, 0.15) is 0 Å². The molecule has 0 heterocycles. The third-order valence-corrected chi connectivity index (χ3v) is 6.05. The van der Waals surface area contributed by atoms with Crippen molar-refractivity contribution in [2.75, 3.05) is 5.32 Å². The molecule has 0 saturated heterocycles. The molecule has 6 heteroatoms. The van der Waals surface area contributed by atoms with Crippen LogP contribution >= 0.6 is 79.6 Å². The smallest absolute Gasteiger partial charge is 0.0632 e. The predicted molar refractivity (Wildman–Crippen MR) is 98.7 cm³/mol. The Morgan fingerprint density at radius 1 is 0.737 bits per heavy atom. The van der Waals surface area contributed by atoms with Crippen molar-refractivity contribution in [3.8, 4) is 0 Å². The zero-order chi connectivity index (χ0) is 14.0. The molecule has 0 fully saturated rings. The van der Waals surface area contributed by atoms with Gasteiger partial charge in [-0.05, 0) is 93.5 Å². The highest BCUT2D eigenvalue weighted by molar-refractivity contribution is 9.13. The maximum atomic E-state index is 3.56. The van der Waals surface area contributed by atoms with Gasteiger partial charge in [-0.3, -0.25) is 0 Å². The molecule has 0 aliphatic carbocycles. The van der Waals surface area contributed by atoms with Crippen LogP contribution in [0.5, 0.6) is 0 Å². The molecule has 0 spiro atoms. The Morgan fingerprint density at radius 3 is 1.95 bits per heavy atom. The van der Waals surface area contributed by atoms with Crippen LogP contribution in [0.2, 0.25) is 0 Å². The minimum Gasteiger partial charge on any atom is -0.379 e. The van der Waals surface area contributed by atoms with E-state index in [2.05, 4.69) is 97.1 Å². The Hall–Kier alpha value is 0.640.